The Morgan fingerprint density at radius 2 is 1.85 bits per heavy atom. The van der Waals surface area contributed by atoms with E-state index in [4.69, 9.17) is 4.74 Å². The Labute approximate surface area is 198 Å². The maximum Gasteiger partial charge on any atom is 0.255 e. The Morgan fingerprint density at radius 3 is 2.58 bits per heavy atom. The molecule has 0 aliphatic rings. The average Bonchev–Trinajstić information content (AvgIpc) is 3.26. The number of ether oxygens (including phenoxy) is 1. The molecule has 0 bridgehead atoms. The van der Waals surface area contributed by atoms with Crippen LogP contribution in [0.15, 0.2) is 77.8 Å². The van der Waals surface area contributed by atoms with Crippen molar-refractivity contribution in [2.75, 3.05) is 19.5 Å². The summed E-state index contributed by atoms with van der Waals surface area (Å²) >= 11 is 1.69. The Hall–Kier alpha value is -3.22. The van der Waals surface area contributed by atoms with Crippen LogP contribution >= 0.6 is 11.8 Å². The molecular formula is C27H28N2O3S. The van der Waals surface area contributed by atoms with Gasteiger partial charge in [0.2, 0.25) is 0 Å². The number of amides is 1. The lowest BCUT2D eigenvalue weighted by Crippen LogP contribution is -2.39. The molecule has 0 saturated carbocycles. The maximum absolute atomic E-state index is 13.3. The van der Waals surface area contributed by atoms with Gasteiger partial charge >= 0.3 is 0 Å². The molecule has 1 atom stereocenters. The number of aliphatic hydroxyl groups is 1. The Morgan fingerprint density at radius 1 is 1.09 bits per heavy atom. The van der Waals surface area contributed by atoms with Crippen LogP contribution in [0.5, 0.6) is 5.75 Å². The van der Waals surface area contributed by atoms with E-state index in [1.165, 1.54) is 4.90 Å². The van der Waals surface area contributed by atoms with Crippen molar-refractivity contribution < 1.29 is 14.6 Å². The van der Waals surface area contributed by atoms with Gasteiger partial charge in [-0.15, -0.1) is 11.8 Å². The van der Waals surface area contributed by atoms with Crippen molar-refractivity contribution in [2.45, 2.75) is 24.3 Å². The summed E-state index contributed by atoms with van der Waals surface area (Å²) < 4.78 is 5.73. The molecule has 170 valence electrons. The molecule has 4 rings (SSSR count). The van der Waals surface area contributed by atoms with Gasteiger partial charge in [0.1, 0.15) is 5.75 Å². The molecule has 33 heavy (non-hydrogen) atoms. The summed E-state index contributed by atoms with van der Waals surface area (Å²) in [7, 11) is 0. The molecule has 0 aliphatic heterocycles. The fourth-order valence-corrected chi connectivity index (χ4v) is 4.35. The molecule has 4 aromatic rings. The van der Waals surface area contributed by atoms with Crippen molar-refractivity contribution in [2.24, 2.45) is 0 Å². The van der Waals surface area contributed by atoms with Crippen LogP contribution in [0, 0.1) is 0 Å². The molecule has 1 amide bonds. The predicted molar refractivity (Wildman–Crippen MR) is 135 cm³/mol. The number of aromatic amines is 1. The lowest BCUT2D eigenvalue weighted by molar-refractivity contribution is 0.0913. The van der Waals surface area contributed by atoms with Crippen LogP contribution in [-0.2, 0) is 6.42 Å². The highest BCUT2D eigenvalue weighted by Gasteiger charge is 2.19. The van der Waals surface area contributed by atoms with E-state index in [9.17, 15) is 9.90 Å². The van der Waals surface area contributed by atoms with Gasteiger partial charge in [-0.25, -0.2) is 0 Å². The van der Waals surface area contributed by atoms with Gasteiger partial charge in [-0.1, -0.05) is 36.4 Å². The molecule has 0 spiro atoms. The fourth-order valence-electron chi connectivity index (χ4n) is 3.94. The van der Waals surface area contributed by atoms with Crippen LogP contribution in [0.3, 0.4) is 0 Å². The van der Waals surface area contributed by atoms with E-state index in [0.29, 0.717) is 24.3 Å². The molecule has 1 aromatic heterocycles. The number of rotatable bonds is 9. The molecule has 1 unspecified atom stereocenters. The number of hydrogen-bond acceptors (Lipinski definition) is 4. The highest BCUT2D eigenvalue weighted by atomic mass is 32.2. The Kier molecular flexibility index (Phi) is 7.37. The zero-order chi connectivity index (χ0) is 23.2. The van der Waals surface area contributed by atoms with E-state index < -0.39 is 6.04 Å². The SMILES string of the molecule is CCOc1ccc(-c2ccc(SC)cc2)cc1C(=O)NC(CO)Cc1c[nH]c2ccccc12. The monoisotopic (exact) mass is 460 g/mol. The van der Waals surface area contributed by atoms with Gasteiger partial charge in [-0.05, 0) is 66.6 Å². The van der Waals surface area contributed by atoms with Crippen molar-refractivity contribution >= 4 is 28.6 Å². The Balaban J connectivity index is 1.58. The minimum Gasteiger partial charge on any atom is -0.493 e. The van der Waals surface area contributed by atoms with Gasteiger partial charge < -0.3 is 20.1 Å². The molecule has 0 aliphatic carbocycles. The van der Waals surface area contributed by atoms with Gasteiger partial charge in [0.25, 0.3) is 5.91 Å². The first-order valence-corrected chi connectivity index (χ1v) is 12.2. The summed E-state index contributed by atoms with van der Waals surface area (Å²) in [5.74, 6) is 0.267. The molecule has 3 N–H and O–H groups in total. The van der Waals surface area contributed by atoms with Crippen molar-refractivity contribution in [3.05, 3.63) is 84.1 Å². The second-order valence-corrected chi connectivity index (χ2v) is 8.67. The van der Waals surface area contributed by atoms with Crippen LogP contribution in [-0.4, -0.2) is 41.5 Å². The van der Waals surface area contributed by atoms with Crippen LogP contribution in [0.25, 0.3) is 22.0 Å². The molecule has 0 radical (unpaired) electrons. The molecule has 0 saturated heterocycles. The van der Waals surface area contributed by atoms with Gasteiger partial charge in [0.15, 0.2) is 0 Å². The summed E-state index contributed by atoms with van der Waals surface area (Å²) in [6.07, 6.45) is 4.50. The Bertz CT molecular complexity index is 1230. The number of thioether (sulfide) groups is 1. The minimum atomic E-state index is -0.421. The molecule has 0 fully saturated rings. The van der Waals surface area contributed by atoms with Crippen molar-refractivity contribution in [3.63, 3.8) is 0 Å². The normalized spacial score (nSPS) is 12.0. The van der Waals surface area contributed by atoms with E-state index in [0.717, 1.165) is 27.6 Å². The third-order valence-electron chi connectivity index (χ3n) is 5.64. The van der Waals surface area contributed by atoms with Crippen molar-refractivity contribution in [3.8, 4) is 16.9 Å². The molecular weight excluding hydrogens is 432 g/mol. The number of fused-ring (bicyclic) bond motifs is 1. The predicted octanol–water partition coefficient (Wildman–Crippen LogP) is 5.29. The number of carbonyl (C=O) groups is 1. The highest BCUT2D eigenvalue weighted by molar-refractivity contribution is 7.98. The number of aliphatic hydroxyl groups excluding tert-OH is 1. The van der Waals surface area contributed by atoms with Gasteiger partial charge in [0, 0.05) is 22.0 Å². The number of benzene rings is 3. The topological polar surface area (TPSA) is 74.3 Å². The maximum atomic E-state index is 13.3. The number of para-hydroxylation sites is 1. The average molecular weight is 461 g/mol. The summed E-state index contributed by atoms with van der Waals surface area (Å²) in [4.78, 5) is 17.7. The quantitative estimate of drug-likeness (QED) is 0.297. The van der Waals surface area contributed by atoms with Crippen LogP contribution in [0.4, 0.5) is 0 Å². The first-order valence-electron chi connectivity index (χ1n) is 11.0. The number of hydrogen-bond donors (Lipinski definition) is 3. The zero-order valence-electron chi connectivity index (χ0n) is 18.8. The molecule has 6 heteroatoms. The fraction of sp³-hybridized carbons (Fsp3) is 0.222. The number of nitrogens with one attached hydrogen (secondary N) is 2. The van der Waals surface area contributed by atoms with Crippen LogP contribution < -0.4 is 10.1 Å². The van der Waals surface area contributed by atoms with E-state index in [-0.39, 0.29) is 12.5 Å². The van der Waals surface area contributed by atoms with E-state index in [1.807, 2.05) is 61.8 Å². The molecule has 5 nitrogen and oxygen atoms in total. The van der Waals surface area contributed by atoms with Crippen molar-refractivity contribution in [1.82, 2.24) is 10.3 Å². The largest absolute Gasteiger partial charge is 0.493 e. The summed E-state index contributed by atoms with van der Waals surface area (Å²) in [5.41, 5.74) is 4.52. The van der Waals surface area contributed by atoms with Gasteiger partial charge in [-0.2, -0.15) is 0 Å². The van der Waals surface area contributed by atoms with E-state index in [2.05, 4.69) is 34.6 Å². The summed E-state index contributed by atoms with van der Waals surface area (Å²) in [6.45, 7) is 2.19. The van der Waals surface area contributed by atoms with Gasteiger partial charge in [-0.3, -0.25) is 4.79 Å². The van der Waals surface area contributed by atoms with Gasteiger partial charge in [0.05, 0.1) is 24.8 Å². The second-order valence-electron chi connectivity index (χ2n) is 7.79. The third-order valence-corrected chi connectivity index (χ3v) is 6.39. The lowest BCUT2D eigenvalue weighted by atomic mass is 10.0. The van der Waals surface area contributed by atoms with Crippen LogP contribution in [0.1, 0.15) is 22.8 Å². The second kappa shape index (κ2) is 10.6. The molecule has 3 aromatic carbocycles. The summed E-state index contributed by atoms with van der Waals surface area (Å²) in [6, 6.07) is 21.5. The molecule has 1 heterocycles. The number of carbonyl (C=O) groups excluding carboxylic acids is 1. The first kappa shape index (κ1) is 23.0. The highest BCUT2D eigenvalue weighted by Crippen LogP contribution is 2.29. The van der Waals surface area contributed by atoms with Crippen molar-refractivity contribution in [1.29, 1.82) is 0 Å². The zero-order valence-corrected chi connectivity index (χ0v) is 19.6. The first-order chi connectivity index (χ1) is 16.1. The smallest absolute Gasteiger partial charge is 0.255 e. The number of aromatic nitrogens is 1. The number of H-pyrrole nitrogens is 1. The lowest BCUT2D eigenvalue weighted by Gasteiger charge is -2.18. The standard InChI is InChI=1S/C27H28N2O3S/c1-3-32-26-13-10-19(18-8-11-22(33-2)12-9-18)15-24(26)27(31)29-21(17-30)14-20-16-28-25-7-5-4-6-23(20)25/h4-13,15-16,21,28,30H,3,14,17H2,1-2H3,(H,29,31). The minimum absolute atomic E-state index is 0.162. The van der Waals surface area contributed by atoms with E-state index >= 15 is 0 Å². The van der Waals surface area contributed by atoms with E-state index in [1.54, 1.807) is 11.8 Å². The summed E-state index contributed by atoms with van der Waals surface area (Å²) in [5, 5.41) is 14.1. The van der Waals surface area contributed by atoms with Crippen LogP contribution in [0.2, 0.25) is 0 Å². The third kappa shape index (κ3) is 5.24.